The summed E-state index contributed by atoms with van der Waals surface area (Å²) < 4.78 is 4.96. The Kier molecular flexibility index (Phi) is 5.12. The second kappa shape index (κ2) is 6.62. The van der Waals surface area contributed by atoms with Crippen LogP contribution >= 0.6 is 0 Å². The second-order valence-electron chi connectivity index (χ2n) is 3.33. The van der Waals surface area contributed by atoms with Crippen LogP contribution < -0.4 is 16.6 Å². The lowest BCUT2D eigenvalue weighted by Crippen LogP contribution is -2.39. The van der Waals surface area contributed by atoms with E-state index in [1.165, 1.54) is 0 Å². The topological polar surface area (TPSA) is 93.4 Å². The summed E-state index contributed by atoms with van der Waals surface area (Å²) in [4.78, 5) is 22.3. The Balaban J connectivity index is 2.76. The van der Waals surface area contributed by atoms with E-state index < -0.39 is 11.8 Å². The van der Waals surface area contributed by atoms with Crippen LogP contribution in [0.1, 0.15) is 5.56 Å². The van der Waals surface area contributed by atoms with Gasteiger partial charge < -0.3 is 10.1 Å². The molecule has 1 aromatic carbocycles. The van der Waals surface area contributed by atoms with Gasteiger partial charge in [0.25, 0.3) is 0 Å². The predicted molar refractivity (Wildman–Crippen MR) is 63.0 cm³/mol. The standard InChI is InChI=1S/C11H15N3O3/c1-17-7-6-8-4-2-3-5-9(8)13-10(15)11(16)14-12/h2-5H,6-7,12H2,1H3,(H,13,15)(H,14,16). The lowest BCUT2D eigenvalue weighted by molar-refractivity contribution is -0.136. The van der Waals surface area contributed by atoms with E-state index in [1.807, 2.05) is 12.1 Å². The fourth-order valence-electron chi connectivity index (χ4n) is 1.32. The van der Waals surface area contributed by atoms with Crippen molar-refractivity contribution in [1.29, 1.82) is 0 Å². The Hall–Kier alpha value is -1.92. The first kappa shape index (κ1) is 13.1. The number of rotatable bonds is 4. The van der Waals surface area contributed by atoms with Crippen molar-refractivity contribution < 1.29 is 14.3 Å². The number of benzene rings is 1. The molecular formula is C11H15N3O3. The molecule has 17 heavy (non-hydrogen) atoms. The number of carbonyl (C=O) groups is 2. The number of methoxy groups -OCH3 is 1. The summed E-state index contributed by atoms with van der Waals surface area (Å²) in [7, 11) is 1.60. The van der Waals surface area contributed by atoms with E-state index in [-0.39, 0.29) is 0 Å². The average molecular weight is 237 g/mol. The fraction of sp³-hybridized carbons (Fsp3) is 0.273. The molecule has 0 aliphatic carbocycles. The molecule has 0 aliphatic heterocycles. The van der Waals surface area contributed by atoms with Gasteiger partial charge in [0, 0.05) is 12.8 Å². The number of carbonyl (C=O) groups excluding carboxylic acids is 2. The van der Waals surface area contributed by atoms with Crippen LogP contribution in [0.5, 0.6) is 0 Å². The molecule has 92 valence electrons. The highest BCUT2D eigenvalue weighted by Gasteiger charge is 2.13. The maximum absolute atomic E-state index is 11.3. The van der Waals surface area contributed by atoms with Crippen molar-refractivity contribution in [2.24, 2.45) is 5.84 Å². The van der Waals surface area contributed by atoms with Gasteiger partial charge in [-0.25, -0.2) is 5.84 Å². The summed E-state index contributed by atoms with van der Waals surface area (Å²) in [5.74, 6) is 3.19. The van der Waals surface area contributed by atoms with Gasteiger partial charge in [0.05, 0.1) is 6.61 Å². The monoisotopic (exact) mass is 237 g/mol. The number of hydrogen-bond acceptors (Lipinski definition) is 4. The minimum absolute atomic E-state index is 0.538. The number of nitrogens with two attached hydrogens (primary N) is 1. The van der Waals surface area contributed by atoms with Crippen LogP contribution in [-0.4, -0.2) is 25.5 Å². The molecule has 4 N–H and O–H groups in total. The van der Waals surface area contributed by atoms with Crippen molar-refractivity contribution in [3.05, 3.63) is 29.8 Å². The van der Waals surface area contributed by atoms with Gasteiger partial charge in [-0.3, -0.25) is 15.0 Å². The van der Waals surface area contributed by atoms with Crippen LogP contribution in [0.4, 0.5) is 5.69 Å². The van der Waals surface area contributed by atoms with Gasteiger partial charge in [-0.2, -0.15) is 0 Å². The lowest BCUT2D eigenvalue weighted by atomic mass is 10.1. The normalized spacial score (nSPS) is 9.76. The summed E-state index contributed by atoms with van der Waals surface area (Å²) in [6.45, 7) is 0.538. The molecule has 0 spiro atoms. The molecule has 6 nitrogen and oxygen atoms in total. The first-order chi connectivity index (χ1) is 8.19. The Morgan fingerprint density at radius 1 is 1.29 bits per heavy atom. The maximum atomic E-state index is 11.3. The lowest BCUT2D eigenvalue weighted by Gasteiger charge is -2.09. The van der Waals surface area contributed by atoms with E-state index in [2.05, 4.69) is 5.32 Å². The number of amides is 2. The van der Waals surface area contributed by atoms with Crippen LogP contribution in [0.3, 0.4) is 0 Å². The van der Waals surface area contributed by atoms with E-state index in [9.17, 15) is 9.59 Å². The van der Waals surface area contributed by atoms with E-state index in [0.29, 0.717) is 18.7 Å². The molecule has 1 aromatic rings. The van der Waals surface area contributed by atoms with E-state index in [1.54, 1.807) is 24.7 Å². The molecule has 6 heteroatoms. The van der Waals surface area contributed by atoms with Crippen molar-refractivity contribution in [2.45, 2.75) is 6.42 Å². The Bertz CT molecular complexity index is 407. The van der Waals surface area contributed by atoms with Crippen LogP contribution in [0.15, 0.2) is 24.3 Å². The largest absolute Gasteiger partial charge is 0.384 e. The number of ether oxygens (including phenoxy) is 1. The van der Waals surface area contributed by atoms with Gasteiger partial charge in [-0.05, 0) is 18.1 Å². The minimum atomic E-state index is -0.883. The molecule has 0 fully saturated rings. The third-order valence-electron chi connectivity index (χ3n) is 2.18. The molecule has 0 aliphatic rings. The van der Waals surface area contributed by atoms with Gasteiger partial charge in [0.2, 0.25) is 0 Å². The van der Waals surface area contributed by atoms with Crippen molar-refractivity contribution in [2.75, 3.05) is 19.0 Å². The van der Waals surface area contributed by atoms with Gasteiger partial charge in [0.15, 0.2) is 0 Å². The zero-order valence-corrected chi connectivity index (χ0v) is 9.53. The number of hydrogen-bond donors (Lipinski definition) is 3. The fourth-order valence-corrected chi connectivity index (χ4v) is 1.32. The highest BCUT2D eigenvalue weighted by atomic mass is 16.5. The summed E-state index contributed by atoms with van der Waals surface area (Å²) >= 11 is 0. The van der Waals surface area contributed by atoms with Gasteiger partial charge in [0.1, 0.15) is 0 Å². The summed E-state index contributed by atoms with van der Waals surface area (Å²) in [6.07, 6.45) is 0.650. The number of hydrazine groups is 1. The zero-order valence-electron chi connectivity index (χ0n) is 9.53. The third-order valence-corrected chi connectivity index (χ3v) is 2.18. The number of nitrogens with one attached hydrogen (secondary N) is 2. The SMILES string of the molecule is COCCc1ccccc1NC(=O)C(=O)NN. The van der Waals surface area contributed by atoms with Crippen LogP contribution in [0.25, 0.3) is 0 Å². The quantitative estimate of drug-likeness (QED) is 0.293. The highest BCUT2D eigenvalue weighted by molar-refractivity contribution is 6.39. The van der Waals surface area contributed by atoms with Crippen molar-refractivity contribution in [3.8, 4) is 0 Å². The maximum Gasteiger partial charge on any atom is 0.323 e. The molecule has 2 amide bonds. The van der Waals surface area contributed by atoms with E-state index in [4.69, 9.17) is 10.6 Å². The van der Waals surface area contributed by atoms with Crippen molar-refractivity contribution in [1.82, 2.24) is 5.43 Å². The van der Waals surface area contributed by atoms with Gasteiger partial charge >= 0.3 is 11.8 Å². The molecule has 0 unspecified atom stereocenters. The molecule has 0 aromatic heterocycles. The Labute approximate surface area is 99.1 Å². The Morgan fingerprint density at radius 3 is 2.65 bits per heavy atom. The molecule has 0 saturated carbocycles. The number of anilines is 1. The average Bonchev–Trinajstić information content (AvgIpc) is 2.36. The summed E-state index contributed by atoms with van der Waals surface area (Å²) in [6, 6.07) is 7.19. The summed E-state index contributed by atoms with van der Waals surface area (Å²) in [5, 5.41) is 2.48. The van der Waals surface area contributed by atoms with Crippen molar-refractivity contribution >= 4 is 17.5 Å². The van der Waals surface area contributed by atoms with E-state index >= 15 is 0 Å². The second-order valence-corrected chi connectivity index (χ2v) is 3.33. The third kappa shape index (κ3) is 3.86. The van der Waals surface area contributed by atoms with Gasteiger partial charge in [-0.15, -0.1) is 0 Å². The molecule has 0 saturated heterocycles. The number of para-hydroxylation sites is 1. The molecule has 1 rings (SSSR count). The van der Waals surface area contributed by atoms with Crippen LogP contribution in [0.2, 0.25) is 0 Å². The molecule has 0 heterocycles. The predicted octanol–water partition coefficient (Wildman–Crippen LogP) is -0.196. The van der Waals surface area contributed by atoms with Gasteiger partial charge in [-0.1, -0.05) is 18.2 Å². The Morgan fingerprint density at radius 2 is 2.00 bits per heavy atom. The highest BCUT2D eigenvalue weighted by Crippen LogP contribution is 2.15. The first-order valence-corrected chi connectivity index (χ1v) is 5.07. The smallest absolute Gasteiger partial charge is 0.323 e. The van der Waals surface area contributed by atoms with Crippen molar-refractivity contribution in [3.63, 3.8) is 0 Å². The molecule has 0 radical (unpaired) electrons. The minimum Gasteiger partial charge on any atom is -0.384 e. The summed E-state index contributed by atoms with van der Waals surface area (Å²) in [5.41, 5.74) is 3.25. The van der Waals surface area contributed by atoms with Crippen LogP contribution in [0, 0.1) is 0 Å². The molecule has 0 atom stereocenters. The molecular weight excluding hydrogens is 222 g/mol. The van der Waals surface area contributed by atoms with Crippen LogP contribution in [-0.2, 0) is 20.7 Å². The first-order valence-electron chi connectivity index (χ1n) is 5.07. The zero-order chi connectivity index (χ0) is 12.7. The van der Waals surface area contributed by atoms with E-state index in [0.717, 1.165) is 5.56 Å². The molecule has 0 bridgehead atoms.